The molecule has 2 aromatic heterocycles. The molecule has 1 aliphatic carbocycles. The van der Waals surface area contributed by atoms with E-state index in [1.807, 2.05) is 18.3 Å². The third-order valence-electron chi connectivity index (χ3n) is 3.34. The van der Waals surface area contributed by atoms with Crippen LogP contribution in [0.2, 0.25) is 0 Å². The van der Waals surface area contributed by atoms with E-state index in [1.165, 1.54) is 12.8 Å². The van der Waals surface area contributed by atoms with Gasteiger partial charge >= 0.3 is 0 Å². The summed E-state index contributed by atoms with van der Waals surface area (Å²) in [4.78, 5) is 8.87. The van der Waals surface area contributed by atoms with Crippen LogP contribution in [0.1, 0.15) is 38.1 Å². The van der Waals surface area contributed by atoms with Crippen LogP contribution in [0.5, 0.6) is 0 Å². The van der Waals surface area contributed by atoms with Gasteiger partial charge < -0.3 is 10.3 Å². The fraction of sp³-hybridized carbons (Fsp3) is 0.429. The molecule has 1 aliphatic rings. The van der Waals surface area contributed by atoms with Crippen molar-refractivity contribution in [3.05, 3.63) is 30.4 Å². The number of anilines is 1. The number of imidazole rings is 1. The molecule has 0 spiro atoms. The van der Waals surface area contributed by atoms with Gasteiger partial charge in [0.1, 0.15) is 17.3 Å². The van der Waals surface area contributed by atoms with Gasteiger partial charge in [-0.15, -0.1) is 0 Å². The van der Waals surface area contributed by atoms with E-state index in [0.717, 1.165) is 35.7 Å². The smallest absolute Gasteiger partial charge is 0.132 e. The zero-order chi connectivity index (χ0) is 12.5. The summed E-state index contributed by atoms with van der Waals surface area (Å²) in [6, 6.07) is 4.51. The molecule has 4 heteroatoms. The van der Waals surface area contributed by atoms with Crippen LogP contribution in [-0.4, -0.2) is 14.5 Å². The van der Waals surface area contributed by atoms with Crippen LogP contribution in [0.15, 0.2) is 24.5 Å². The topological polar surface area (TPSA) is 56.7 Å². The number of nitrogens with two attached hydrogens (primary N) is 1. The summed E-state index contributed by atoms with van der Waals surface area (Å²) >= 11 is 0. The minimum absolute atomic E-state index is 0.574. The average molecular weight is 242 g/mol. The van der Waals surface area contributed by atoms with Crippen LogP contribution in [0.3, 0.4) is 0 Å². The van der Waals surface area contributed by atoms with Crippen molar-refractivity contribution >= 4 is 5.82 Å². The number of hydrogen-bond acceptors (Lipinski definition) is 3. The molecule has 2 heterocycles. The van der Waals surface area contributed by atoms with Gasteiger partial charge in [0.25, 0.3) is 0 Å². The summed E-state index contributed by atoms with van der Waals surface area (Å²) in [5, 5.41) is 0. The maximum atomic E-state index is 6.28. The molecule has 0 radical (unpaired) electrons. The Morgan fingerprint density at radius 1 is 1.44 bits per heavy atom. The standard InChI is InChI=1S/C14H18N4/c1-2-4-12-17-13(10-5-3-8-16-9-10)14(15)18(12)11-6-7-11/h3,5,8-9,11H,2,4,6-7,15H2,1H3. The molecule has 0 atom stereocenters. The van der Waals surface area contributed by atoms with Gasteiger partial charge in [-0.05, 0) is 31.4 Å². The summed E-state index contributed by atoms with van der Waals surface area (Å²) in [6.45, 7) is 2.17. The van der Waals surface area contributed by atoms with Gasteiger partial charge in [-0.3, -0.25) is 4.98 Å². The minimum Gasteiger partial charge on any atom is -0.383 e. The first-order valence-electron chi connectivity index (χ1n) is 6.58. The Hall–Kier alpha value is -1.84. The van der Waals surface area contributed by atoms with Crippen molar-refractivity contribution in [2.75, 3.05) is 5.73 Å². The summed E-state index contributed by atoms with van der Waals surface area (Å²) in [5.41, 5.74) is 8.17. The first-order valence-corrected chi connectivity index (χ1v) is 6.58. The van der Waals surface area contributed by atoms with Gasteiger partial charge in [-0.1, -0.05) is 6.92 Å². The normalized spacial score (nSPS) is 14.9. The van der Waals surface area contributed by atoms with E-state index in [9.17, 15) is 0 Å². The van der Waals surface area contributed by atoms with E-state index in [2.05, 4.69) is 16.5 Å². The van der Waals surface area contributed by atoms with Crippen LogP contribution in [-0.2, 0) is 6.42 Å². The van der Waals surface area contributed by atoms with E-state index < -0.39 is 0 Å². The Kier molecular flexibility index (Phi) is 2.78. The van der Waals surface area contributed by atoms with E-state index in [1.54, 1.807) is 6.20 Å². The van der Waals surface area contributed by atoms with Crippen LogP contribution >= 0.6 is 0 Å². The molecule has 0 bridgehead atoms. The molecule has 1 saturated carbocycles. The molecule has 18 heavy (non-hydrogen) atoms. The summed E-state index contributed by atoms with van der Waals surface area (Å²) in [7, 11) is 0. The van der Waals surface area contributed by atoms with Crippen molar-refractivity contribution in [1.82, 2.24) is 14.5 Å². The highest BCUT2D eigenvalue weighted by molar-refractivity contribution is 5.70. The highest BCUT2D eigenvalue weighted by Crippen LogP contribution is 2.40. The fourth-order valence-corrected chi connectivity index (χ4v) is 2.35. The van der Waals surface area contributed by atoms with Gasteiger partial charge in [0.15, 0.2) is 0 Å². The number of pyridine rings is 1. The summed E-state index contributed by atoms with van der Waals surface area (Å²) in [6.07, 6.45) is 8.13. The number of hydrogen-bond donors (Lipinski definition) is 1. The van der Waals surface area contributed by atoms with E-state index in [-0.39, 0.29) is 0 Å². The second-order valence-corrected chi connectivity index (χ2v) is 4.85. The lowest BCUT2D eigenvalue weighted by atomic mass is 10.2. The van der Waals surface area contributed by atoms with Gasteiger partial charge in [0.2, 0.25) is 0 Å². The van der Waals surface area contributed by atoms with E-state index >= 15 is 0 Å². The largest absolute Gasteiger partial charge is 0.383 e. The van der Waals surface area contributed by atoms with Crippen LogP contribution < -0.4 is 5.73 Å². The summed E-state index contributed by atoms with van der Waals surface area (Å²) in [5.74, 6) is 1.92. The monoisotopic (exact) mass is 242 g/mol. The Labute approximate surface area is 107 Å². The van der Waals surface area contributed by atoms with Crippen molar-refractivity contribution in [3.63, 3.8) is 0 Å². The Balaban J connectivity index is 2.08. The number of aryl methyl sites for hydroxylation is 1. The third-order valence-corrected chi connectivity index (χ3v) is 3.34. The van der Waals surface area contributed by atoms with Gasteiger partial charge in [-0.25, -0.2) is 4.98 Å². The van der Waals surface area contributed by atoms with Crippen molar-refractivity contribution in [1.29, 1.82) is 0 Å². The van der Waals surface area contributed by atoms with Crippen molar-refractivity contribution in [2.45, 2.75) is 38.6 Å². The molecule has 0 saturated heterocycles. The second-order valence-electron chi connectivity index (χ2n) is 4.85. The number of aromatic nitrogens is 3. The minimum atomic E-state index is 0.574. The van der Waals surface area contributed by atoms with Crippen LogP contribution in [0.4, 0.5) is 5.82 Å². The molecule has 0 unspecified atom stereocenters. The lowest BCUT2D eigenvalue weighted by Gasteiger charge is -2.07. The first kappa shape index (κ1) is 11.3. The quantitative estimate of drug-likeness (QED) is 0.896. The molecule has 0 amide bonds. The van der Waals surface area contributed by atoms with E-state index in [4.69, 9.17) is 10.7 Å². The first-order chi connectivity index (χ1) is 8.81. The maximum absolute atomic E-state index is 6.28. The van der Waals surface area contributed by atoms with Crippen LogP contribution in [0, 0.1) is 0 Å². The van der Waals surface area contributed by atoms with Gasteiger partial charge in [0.05, 0.1) is 0 Å². The van der Waals surface area contributed by atoms with Gasteiger partial charge in [-0.2, -0.15) is 0 Å². The second kappa shape index (κ2) is 4.44. The zero-order valence-electron chi connectivity index (χ0n) is 10.6. The lowest BCUT2D eigenvalue weighted by Crippen LogP contribution is -2.05. The molecule has 94 valence electrons. The molecule has 3 rings (SSSR count). The Morgan fingerprint density at radius 2 is 2.28 bits per heavy atom. The predicted octanol–water partition coefficient (Wildman–Crippen LogP) is 2.81. The Morgan fingerprint density at radius 3 is 2.89 bits per heavy atom. The summed E-state index contributed by atoms with van der Waals surface area (Å²) < 4.78 is 2.23. The molecule has 0 aromatic carbocycles. The average Bonchev–Trinajstić information content (AvgIpc) is 3.17. The van der Waals surface area contributed by atoms with Crippen molar-refractivity contribution in [3.8, 4) is 11.3 Å². The van der Waals surface area contributed by atoms with Gasteiger partial charge in [0, 0.05) is 30.4 Å². The number of nitrogens with zero attached hydrogens (tertiary/aromatic N) is 3. The molecular formula is C14H18N4. The Bertz CT molecular complexity index is 540. The van der Waals surface area contributed by atoms with Crippen molar-refractivity contribution in [2.24, 2.45) is 0 Å². The molecular weight excluding hydrogens is 224 g/mol. The van der Waals surface area contributed by atoms with Crippen LogP contribution in [0.25, 0.3) is 11.3 Å². The SMILES string of the molecule is CCCc1nc(-c2cccnc2)c(N)n1C1CC1. The highest BCUT2D eigenvalue weighted by atomic mass is 15.2. The number of nitrogen functional groups attached to an aromatic ring is 1. The predicted molar refractivity (Wildman–Crippen MR) is 72.1 cm³/mol. The highest BCUT2D eigenvalue weighted by Gasteiger charge is 2.29. The molecule has 1 fully saturated rings. The third kappa shape index (κ3) is 1.88. The van der Waals surface area contributed by atoms with Crippen molar-refractivity contribution < 1.29 is 0 Å². The maximum Gasteiger partial charge on any atom is 0.132 e. The molecule has 4 nitrogen and oxygen atoms in total. The molecule has 0 aliphatic heterocycles. The number of rotatable bonds is 4. The molecule has 2 aromatic rings. The fourth-order valence-electron chi connectivity index (χ4n) is 2.35. The lowest BCUT2D eigenvalue weighted by molar-refractivity contribution is 0.676. The molecule has 2 N–H and O–H groups in total. The van der Waals surface area contributed by atoms with E-state index in [0.29, 0.717) is 6.04 Å². The zero-order valence-corrected chi connectivity index (χ0v) is 10.6.